The van der Waals surface area contributed by atoms with Gasteiger partial charge in [-0.05, 0) is 39.2 Å². The minimum atomic E-state index is -0.828. The fraction of sp³-hybridized carbons (Fsp3) is 0.842. The first-order valence-electron chi connectivity index (χ1n) is 10.1. The van der Waals surface area contributed by atoms with Gasteiger partial charge < -0.3 is 25.4 Å². The van der Waals surface area contributed by atoms with Crippen LogP contribution in [0.15, 0.2) is 0 Å². The van der Waals surface area contributed by atoms with Crippen LogP contribution >= 0.6 is 0 Å². The van der Waals surface area contributed by atoms with E-state index in [2.05, 4.69) is 10.6 Å². The van der Waals surface area contributed by atoms with Crippen molar-refractivity contribution in [2.75, 3.05) is 39.9 Å². The van der Waals surface area contributed by atoms with E-state index in [1.54, 1.807) is 12.0 Å². The Kier molecular flexibility index (Phi) is 8.50. The van der Waals surface area contributed by atoms with E-state index < -0.39 is 5.97 Å². The van der Waals surface area contributed by atoms with Gasteiger partial charge in [0.25, 0.3) is 0 Å². The zero-order valence-corrected chi connectivity index (χ0v) is 17.1. The number of piperidine rings is 1. The summed E-state index contributed by atoms with van der Waals surface area (Å²) in [7, 11) is 1.59. The summed E-state index contributed by atoms with van der Waals surface area (Å²) in [6.07, 6.45) is 3.09. The zero-order chi connectivity index (χ0) is 20.7. The Hall–Kier alpha value is -1.87. The quantitative estimate of drug-likeness (QED) is 0.488. The predicted octanol–water partition coefficient (Wildman–Crippen LogP) is 0.497. The highest BCUT2D eigenvalue weighted by atomic mass is 16.5. The summed E-state index contributed by atoms with van der Waals surface area (Å²) in [4.78, 5) is 39.6. The number of hydrogen-bond acceptors (Lipinski definition) is 5. The minimum absolute atomic E-state index is 0.0299. The van der Waals surface area contributed by atoms with Crippen LogP contribution in [0.1, 0.15) is 39.5 Å². The number of nitrogens with one attached hydrogen (secondary N) is 2. The molecule has 0 aromatic carbocycles. The molecule has 2 aliphatic rings. The molecular weight excluding hydrogens is 364 g/mol. The van der Waals surface area contributed by atoms with E-state index >= 15 is 0 Å². The number of urea groups is 1. The Labute approximate surface area is 166 Å². The number of likely N-dealkylation sites (N-methyl/N-ethyl adjacent to an activating group) is 1. The second kappa shape index (κ2) is 10.6. The van der Waals surface area contributed by atoms with Crippen LogP contribution in [0.5, 0.6) is 0 Å². The highest BCUT2D eigenvalue weighted by molar-refractivity contribution is 5.81. The summed E-state index contributed by atoms with van der Waals surface area (Å²) in [6.45, 7) is 6.03. The summed E-state index contributed by atoms with van der Waals surface area (Å²) in [5, 5.41) is 14.9. The number of amides is 3. The summed E-state index contributed by atoms with van der Waals surface area (Å²) in [5.74, 6) is -1.05. The van der Waals surface area contributed by atoms with E-state index in [1.165, 1.54) is 0 Å². The van der Waals surface area contributed by atoms with Gasteiger partial charge in [0.15, 0.2) is 0 Å². The van der Waals surface area contributed by atoms with Crippen LogP contribution in [0.2, 0.25) is 0 Å². The van der Waals surface area contributed by atoms with Gasteiger partial charge in [0.05, 0.1) is 19.1 Å². The predicted molar refractivity (Wildman–Crippen MR) is 104 cm³/mol. The molecule has 1 aliphatic carbocycles. The lowest BCUT2D eigenvalue weighted by molar-refractivity contribution is -0.139. The van der Waals surface area contributed by atoms with Crippen LogP contribution in [0.25, 0.3) is 0 Å². The molecule has 1 heterocycles. The molecule has 2 rings (SSSR count). The number of aliphatic carboxylic acids is 1. The maximum absolute atomic E-state index is 12.7. The number of methoxy groups -OCH3 is 1. The molecule has 0 aromatic heterocycles. The smallest absolute Gasteiger partial charge is 0.317 e. The highest BCUT2D eigenvalue weighted by Gasteiger charge is 2.37. The fourth-order valence-electron chi connectivity index (χ4n) is 3.96. The largest absolute Gasteiger partial charge is 0.480 e. The van der Waals surface area contributed by atoms with Gasteiger partial charge in [-0.25, -0.2) is 4.79 Å². The molecule has 3 amide bonds. The van der Waals surface area contributed by atoms with E-state index in [0.717, 1.165) is 25.7 Å². The molecule has 2 unspecified atom stereocenters. The highest BCUT2D eigenvalue weighted by Crippen LogP contribution is 2.27. The van der Waals surface area contributed by atoms with Crippen molar-refractivity contribution in [3.63, 3.8) is 0 Å². The third-order valence-electron chi connectivity index (χ3n) is 5.82. The van der Waals surface area contributed by atoms with Gasteiger partial charge in [0, 0.05) is 38.3 Å². The molecule has 0 aromatic rings. The number of carboxylic acid groups (broad SMARTS) is 1. The van der Waals surface area contributed by atoms with E-state index in [9.17, 15) is 14.4 Å². The van der Waals surface area contributed by atoms with Gasteiger partial charge in [-0.1, -0.05) is 6.92 Å². The maximum Gasteiger partial charge on any atom is 0.317 e. The van der Waals surface area contributed by atoms with Gasteiger partial charge >= 0.3 is 12.0 Å². The molecule has 9 heteroatoms. The van der Waals surface area contributed by atoms with Gasteiger partial charge in [0.1, 0.15) is 0 Å². The van der Waals surface area contributed by atoms with Crippen molar-refractivity contribution in [3.05, 3.63) is 0 Å². The fourth-order valence-corrected chi connectivity index (χ4v) is 3.96. The second-order valence-electron chi connectivity index (χ2n) is 7.79. The molecule has 0 radical (unpaired) electrons. The zero-order valence-electron chi connectivity index (χ0n) is 17.1. The lowest BCUT2D eigenvalue weighted by Gasteiger charge is -2.44. The van der Waals surface area contributed by atoms with Gasteiger partial charge in [-0.3, -0.25) is 14.5 Å². The normalized spacial score (nSPS) is 27.2. The lowest BCUT2D eigenvalue weighted by atomic mass is 9.85. The van der Waals surface area contributed by atoms with Crippen molar-refractivity contribution < 1.29 is 24.2 Å². The molecule has 160 valence electrons. The Morgan fingerprint density at radius 1 is 1.25 bits per heavy atom. The van der Waals surface area contributed by atoms with Gasteiger partial charge in [-0.2, -0.15) is 0 Å². The minimum Gasteiger partial charge on any atom is -0.480 e. The molecule has 1 aliphatic heterocycles. The second-order valence-corrected chi connectivity index (χ2v) is 7.79. The third kappa shape index (κ3) is 6.07. The molecule has 1 saturated carbocycles. The first-order chi connectivity index (χ1) is 13.3. The number of rotatable bonds is 9. The summed E-state index contributed by atoms with van der Waals surface area (Å²) in [6, 6.07) is 0.220. The van der Waals surface area contributed by atoms with Crippen LogP contribution in [0, 0.1) is 5.92 Å². The molecule has 0 spiro atoms. The Bertz CT molecular complexity index is 552. The molecule has 0 bridgehead atoms. The first kappa shape index (κ1) is 22.4. The Balaban J connectivity index is 1.79. The Morgan fingerprint density at radius 2 is 1.96 bits per heavy atom. The third-order valence-corrected chi connectivity index (χ3v) is 5.82. The van der Waals surface area contributed by atoms with E-state index in [4.69, 9.17) is 9.84 Å². The molecule has 2 fully saturated rings. The number of hydrogen-bond donors (Lipinski definition) is 3. The summed E-state index contributed by atoms with van der Waals surface area (Å²) < 4.78 is 4.95. The van der Waals surface area contributed by atoms with E-state index in [-0.39, 0.29) is 42.5 Å². The van der Waals surface area contributed by atoms with Crippen molar-refractivity contribution in [1.82, 2.24) is 20.4 Å². The number of likely N-dealkylation sites (tertiary alicyclic amines) is 1. The number of ether oxygens (including phenoxy) is 1. The average Bonchev–Trinajstić information content (AvgIpc) is 2.62. The van der Waals surface area contributed by atoms with Crippen molar-refractivity contribution in [2.45, 2.75) is 57.7 Å². The van der Waals surface area contributed by atoms with Crippen molar-refractivity contribution in [1.29, 1.82) is 0 Å². The Morgan fingerprint density at radius 3 is 2.57 bits per heavy atom. The number of carbonyl (C=O) groups is 3. The monoisotopic (exact) mass is 398 g/mol. The maximum atomic E-state index is 12.7. The number of carboxylic acids is 1. The van der Waals surface area contributed by atoms with Crippen LogP contribution < -0.4 is 10.6 Å². The summed E-state index contributed by atoms with van der Waals surface area (Å²) >= 11 is 0. The van der Waals surface area contributed by atoms with Crippen molar-refractivity contribution in [2.24, 2.45) is 5.92 Å². The average molecular weight is 399 g/mol. The van der Waals surface area contributed by atoms with Crippen LogP contribution in [-0.4, -0.2) is 90.8 Å². The molecule has 2 atom stereocenters. The molecule has 28 heavy (non-hydrogen) atoms. The van der Waals surface area contributed by atoms with Crippen molar-refractivity contribution in [3.8, 4) is 0 Å². The topological polar surface area (TPSA) is 111 Å². The van der Waals surface area contributed by atoms with E-state index in [1.807, 2.05) is 18.7 Å². The molecule has 1 saturated heterocycles. The lowest BCUT2D eigenvalue weighted by Crippen LogP contribution is -2.59. The number of carbonyl (C=O) groups excluding carboxylic acids is 2. The van der Waals surface area contributed by atoms with E-state index in [0.29, 0.717) is 26.2 Å². The van der Waals surface area contributed by atoms with Gasteiger partial charge in [-0.15, -0.1) is 0 Å². The molecular formula is C19H34N4O5. The molecule has 9 nitrogen and oxygen atoms in total. The SMILES string of the molecule is CCN(CC(=O)O)C1CC(NC(=O)N2CC(C(=O)NCCOC)CCC2C)C1. The van der Waals surface area contributed by atoms with Crippen LogP contribution in [0.4, 0.5) is 4.79 Å². The summed E-state index contributed by atoms with van der Waals surface area (Å²) in [5.41, 5.74) is 0. The van der Waals surface area contributed by atoms with Crippen LogP contribution in [-0.2, 0) is 14.3 Å². The standard InChI is InChI=1S/C19H34N4O5/c1-4-22(12-17(24)25)16-9-15(10-16)21-19(27)23-11-14(6-5-13(23)2)18(26)20-7-8-28-3/h13-16H,4-12H2,1-3H3,(H,20,26)(H,21,27)(H,24,25). The van der Waals surface area contributed by atoms with Crippen LogP contribution in [0.3, 0.4) is 0 Å². The number of nitrogens with zero attached hydrogens (tertiary/aromatic N) is 2. The molecule has 3 N–H and O–H groups in total. The first-order valence-corrected chi connectivity index (χ1v) is 10.1. The van der Waals surface area contributed by atoms with Gasteiger partial charge in [0.2, 0.25) is 5.91 Å². The van der Waals surface area contributed by atoms with Crippen molar-refractivity contribution >= 4 is 17.9 Å².